The van der Waals surface area contributed by atoms with E-state index in [-0.39, 0.29) is 18.0 Å². The van der Waals surface area contributed by atoms with Crippen molar-refractivity contribution in [3.05, 3.63) is 0 Å². The lowest BCUT2D eigenvalue weighted by atomic mass is 10.2. The Bertz CT molecular complexity index is 491. The van der Waals surface area contributed by atoms with Gasteiger partial charge in [-0.2, -0.15) is 0 Å². The van der Waals surface area contributed by atoms with Gasteiger partial charge in [0.05, 0.1) is 25.2 Å². The van der Waals surface area contributed by atoms with E-state index in [1.807, 2.05) is 5.32 Å². The first-order chi connectivity index (χ1) is 11.6. The Morgan fingerprint density at radius 2 is 1.76 bits per heavy atom. The summed E-state index contributed by atoms with van der Waals surface area (Å²) in [5.41, 5.74) is 15.9. The number of hydrogen-bond acceptors (Lipinski definition) is 8. The molecule has 0 saturated carbocycles. The van der Waals surface area contributed by atoms with Gasteiger partial charge >= 0.3 is 12.0 Å². The molecule has 0 radical (unpaired) electrons. The molecule has 0 rings (SSSR count). The predicted molar refractivity (Wildman–Crippen MR) is 91.2 cm³/mol. The number of carboxylic acids is 1. The van der Waals surface area contributed by atoms with Crippen molar-refractivity contribution in [2.24, 2.45) is 11.5 Å². The van der Waals surface area contributed by atoms with Crippen LogP contribution in [-0.2, 0) is 9.59 Å². The molecule has 0 aromatic heterocycles. The number of hydrogen-bond donors (Lipinski definition) is 9. The highest BCUT2D eigenvalue weighted by Gasteiger charge is 2.23. The number of carbonyl (C=O) groups excluding carboxylic acids is 2. The van der Waals surface area contributed by atoms with Crippen molar-refractivity contribution in [3.63, 3.8) is 0 Å². The molecule has 4 atom stereocenters. The number of aliphatic carboxylic acids is 1. The van der Waals surface area contributed by atoms with Gasteiger partial charge in [-0.15, -0.1) is 0 Å². The molecule has 13 heteroatoms. The van der Waals surface area contributed by atoms with E-state index in [2.05, 4.69) is 16.2 Å². The molecular weight excluding hydrogens is 356 g/mol. The number of carboxylic acid groups (broad SMARTS) is 1. The monoisotopic (exact) mass is 380 g/mol. The van der Waals surface area contributed by atoms with Gasteiger partial charge in [0, 0.05) is 12.6 Å². The number of thiocarbonyl (C=S) groups is 1. The summed E-state index contributed by atoms with van der Waals surface area (Å²) in [7, 11) is 0. The number of nitrogens with two attached hydrogens (primary N) is 2. The molecule has 0 fully saturated rings. The molecule has 0 aromatic rings. The number of primary amides is 1. The molecule has 0 aliphatic heterocycles. The lowest BCUT2D eigenvalue weighted by molar-refractivity contribution is -0.140. The summed E-state index contributed by atoms with van der Waals surface area (Å²) in [6, 6.07) is -4.09. The Hall–Kier alpha value is -2.06. The molecule has 0 heterocycles. The molecule has 25 heavy (non-hydrogen) atoms. The Morgan fingerprint density at radius 1 is 1.20 bits per heavy atom. The van der Waals surface area contributed by atoms with Crippen LogP contribution in [0.4, 0.5) is 4.79 Å². The van der Waals surface area contributed by atoms with E-state index >= 15 is 0 Å². The summed E-state index contributed by atoms with van der Waals surface area (Å²) in [5, 5.41) is 31.2. The summed E-state index contributed by atoms with van der Waals surface area (Å²) in [6.45, 7) is 0.829. The third kappa shape index (κ3) is 9.73. The fraction of sp³-hybridized carbons (Fsp3) is 0.667. The van der Waals surface area contributed by atoms with Gasteiger partial charge in [-0.3, -0.25) is 4.79 Å². The van der Waals surface area contributed by atoms with Crippen molar-refractivity contribution >= 4 is 35.1 Å². The lowest BCUT2D eigenvalue weighted by Gasteiger charge is -2.22. The maximum atomic E-state index is 11.8. The van der Waals surface area contributed by atoms with Gasteiger partial charge in [-0.1, -0.05) is 12.2 Å². The van der Waals surface area contributed by atoms with E-state index < -0.39 is 48.7 Å². The highest BCUT2D eigenvalue weighted by Crippen LogP contribution is 1.95. The predicted octanol–water partition coefficient (Wildman–Crippen LogP) is -3.90. The minimum Gasteiger partial charge on any atom is -0.480 e. The summed E-state index contributed by atoms with van der Waals surface area (Å²) >= 11 is 5.03. The summed E-state index contributed by atoms with van der Waals surface area (Å²) < 4.78 is 0. The third-order valence-electron chi connectivity index (χ3n) is 2.98. The summed E-state index contributed by atoms with van der Waals surface area (Å²) in [5.74, 6) is -2.19. The minimum atomic E-state index is -1.52. The van der Waals surface area contributed by atoms with E-state index in [1.165, 1.54) is 6.92 Å². The van der Waals surface area contributed by atoms with E-state index in [0.717, 1.165) is 0 Å². The minimum absolute atomic E-state index is 0.0115. The number of nitrogens with one attached hydrogen (secondary N) is 4. The van der Waals surface area contributed by atoms with Gasteiger partial charge in [0.25, 0.3) is 0 Å². The second-order valence-electron chi connectivity index (χ2n) is 5.19. The molecule has 0 saturated heterocycles. The molecule has 0 aromatic carbocycles. The highest BCUT2D eigenvalue weighted by atomic mass is 32.1. The van der Waals surface area contributed by atoms with Crippen LogP contribution in [0.5, 0.6) is 0 Å². The zero-order valence-electron chi connectivity index (χ0n) is 13.6. The van der Waals surface area contributed by atoms with Crippen LogP contribution in [0.3, 0.4) is 0 Å². The van der Waals surface area contributed by atoms with Gasteiger partial charge in [0.2, 0.25) is 5.91 Å². The van der Waals surface area contributed by atoms with Crippen molar-refractivity contribution in [1.29, 1.82) is 0 Å². The Kier molecular flexibility index (Phi) is 10.5. The maximum Gasteiger partial charge on any atom is 0.328 e. The van der Waals surface area contributed by atoms with Gasteiger partial charge < -0.3 is 42.8 Å². The number of carbonyl (C=O) groups is 3. The first kappa shape index (κ1) is 22.9. The maximum absolute atomic E-state index is 11.8. The smallest absolute Gasteiger partial charge is 0.328 e. The average molecular weight is 380 g/mol. The zero-order valence-corrected chi connectivity index (χ0v) is 14.4. The molecule has 144 valence electrons. The number of aliphatic hydroxyl groups excluding tert-OH is 2. The second kappa shape index (κ2) is 11.5. The van der Waals surface area contributed by atoms with Crippen molar-refractivity contribution < 1.29 is 29.7 Å². The number of hydrazine groups is 1. The standard InChI is InChI=1S/C12H24N6O6S/c1-5(20)6(13)3-15-18-10(25)7(2-9(14)21)16-12(24)17-8(4-19)11(22)23/h5-8,15,19-20H,2-4,13H2,1H3,(H2,14,21)(H,18,25)(H,22,23)(H2,16,17,24)/t5?,6-,7+,8+/m0/s1. The van der Waals surface area contributed by atoms with Crippen LogP contribution in [0.2, 0.25) is 0 Å². The van der Waals surface area contributed by atoms with E-state index in [9.17, 15) is 19.5 Å². The molecule has 0 bridgehead atoms. The average Bonchev–Trinajstić information content (AvgIpc) is 2.50. The molecule has 12 nitrogen and oxygen atoms in total. The van der Waals surface area contributed by atoms with Crippen molar-refractivity contribution in [3.8, 4) is 0 Å². The van der Waals surface area contributed by atoms with Crippen LogP contribution in [0.1, 0.15) is 13.3 Å². The van der Waals surface area contributed by atoms with Crippen LogP contribution in [0.25, 0.3) is 0 Å². The van der Waals surface area contributed by atoms with Gasteiger partial charge in [0.15, 0.2) is 6.04 Å². The van der Waals surface area contributed by atoms with E-state index in [1.54, 1.807) is 0 Å². The largest absolute Gasteiger partial charge is 0.480 e. The Morgan fingerprint density at radius 3 is 2.20 bits per heavy atom. The van der Waals surface area contributed by atoms with Crippen LogP contribution < -0.4 is 33.0 Å². The Labute approximate surface area is 149 Å². The molecule has 0 aliphatic rings. The normalized spacial score (nSPS) is 15.4. The van der Waals surface area contributed by atoms with Crippen LogP contribution in [0, 0.1) is 0 Å². The fourth-order valence-corrected chi connectivity index (χ4v) is 1.68. The van der Waals surface area contributed by atoms with Crippen molar-refractivity contribution in [2.45, 2.75) is 37.6 Å². The van der Waals surface area contributed by atoms with E-state index in [4.69, 9.17) is 33.9 Å². The SMILES string of the molecule is CC(O)[C@@H](N)CNNC(=S)[C@@H](CC(N)=O)NC(=O)N[C@H](CO)C(=O)O. The zero-order chi connectivity index (χ0) is 19.6. The van der Waals surface area contributed by atoms with Crippen LogP contribution in [0.15, 0.2) is 0 Å². The molecule has 0 aliphatic carbocycles. The van der Waals surface area contributed by atoms with Crippen molar-refractivity contribution in [2.75, 3.05) is 13.2 Å². The molecule has 3 amide bonds. The van der Waals surface area contributed by atoms with E-state index in [0.29, 0.717) is 0 Å². The quantitative estimate of drug-likeness (QED) is 0.125. The molecule has 0 spiro atoms. The van der Waals surface area contributed by atoms with Gasteiger partial charge in [-0.05, 0) is 6.92 Å². The first-order valence-corrected chi connectivity index (χ1v) is 7.64. The molecule has 11 N–H and O–H groups in total. The highest BCUT2D eigenvalue weighted by molar-refractivity contribution is 7.80. The third-order valence-corrected chi connectivity index (χ3v) is 3.37. The van der Waals surface area contributed by atoms with Gasteiger partial charge in [0.1, 0.15) is 4.99 Å². The topological polar surface area (TPSA) is 212 Å². The summed E-state index contributed by atoms with van der Waals surface area (Å²) in [6.07, 6.45) is -1.11. The number of rotatable bonds is 11. The van der Waals surface area contributed by atoms with Crippen molar-refractivity contribution in [1.82, 2.24) is 21.5 Å². The number of urea groups is 1. The second-order valence-corrected chi connectivity index (χ2v) is 5.63. The molecular formula is C12H24N6O6S. The number of aliphatic hydroxyl groups is 2. The number of amides is 3. The lowest BCUT2D eigenvalue weighted by Crippen LogP contribution is -2.57. The Balaban J connectivity index is 4.66. The van der Waals surface area contributed by atoms with Crippen LogP contribution in [-0.4, -0.2) is 75.6 Å². The van der Waals surface area contributed by atoms with Gasteiger partial charge in [-0.25, -0.2) is 15.0 Å². The summed E-state index contributed by atoms with van der Waals surface area (Å²) in [4.78, 5) is 33.6. The van der Waals surface area contributed by atoms with Crippen LogP contribution >= 0.6 is 12.2 Å². The first-order valence-electron chi connectivity index (χ1n) is 7.23. The fourth-order valence-electron chi connectivity index (χ4n) is 1.47. The molecule has 1 unspecified atom stereocenters.